The molecule has 10 heavy (non-hydrogen) atoms. The number of hydrogen-bond donors (Lipinski definition) is 1. The van der Waals surface area contributed by atoms with Crippen LogP contribution in [0.4, 0.5) is 0 Å². The van der Waals surface area contributed by atoms with Crippen LogP contribution in [0.3, 0.4) is 0 Å². The summed E-state index contributed by atoms with van der Waals surface area (Å²) in [5, 5.41) is 2.55. The van der Waals surface area contributed by atoms with Crippen molar-refractivity contribution in [2.45, 2.75) is 6.67 Å². The number of amides is 1. The molecule has 0 unspecified atom stereocenters. The van der Waals surface area contributed by atoms with E-state index in [1.54, 1.807) is 0 Å². The molecular formula is C7H9N2O+. The van der Waals surface area contributed by atoms with E-state index in [1.165, 1.54) is 0 Å². The van der Waals surface area contributed by atoms with Crippen LogP contribution in [-0.4, -0.2) is 6.41 Å². The molecule has 52 valence electrons. The molecular weight excluding hydrogens is 128 g/mol. The fraction of sp³-hybridized carbons (Fsp3) is 0.143. The second kappa shape index (κ2) is 3.61. The largest absolute Gasteiger partial charge is 0.303 e. The summed E-state index contributed by atoms with van der Waals surface area (Å²) < 4.78 is 1.87. The van der Waals surface area contributed by atoms with Crippen LogP contribution in [0.15, 0.2) is 30.6 Å². The van der Waals surface area contributed by atoms with Crippen LogP contribution in [0.2, 0.25) is 0 Å². The van der Waals surface area contributed by atoms with E-state index in [4.69, 9.17) is 0 Å². The Hall–Kier alpha value is -1.38. The van der Waals surface area contributed by atoms with Gasteiger partial charge in [0.15, 0.2) is 12.4 Å². The van der Waals surface area contributed by atoms with E-state index >= 15 is 0 Å². The van der Waals surface area contributed by atoms with Gasteiger partial charge in [-0.3, -0.25) is 4.79 Å². The second-order valence-electron chi connectivity index (χ2n) is 1.87. The number of aromatic nitrogens is 1. The molecule has 0 aliphatic rings. The predicted octanol–water partition coefficient (Wildman–Crippen LogP) is -0.322. The van der Waals surface area contributed by atoms with Gasteiger partial charge in [0.05, 0.1) is 0 Å². The zero-order valence-corrected chi connectivity index (χ0v) is 5.53. The molecule has 0 radical (unpaired) electrons. The third-order valence-electron chi connectivity index (χ3n) is 1.13. The van der Waals surface area contributed by atoms with Crippen LogP contribution in [0.5, 0.6) is 0 Å². The van der Waals surface area contributed by atoms with Gasteiger partial charge in [0, 0.05) is 12.1 Å². The van der Waals surface area contributed by atoms with E-state index in [1.807, 2.05) is 35.2 Å². The van der Waals surface area contributed by atoms with E-state index in [-0.39, 0.29) is 0 Å². The Balaban J connectivity index is 2.50. The summed E-state index contributed by atoms with van der Waals surface area (Å²) in [6.45, 7) is 0.532. The standard InChI is InChI=1S/C7H8N2O/c10-7-8-6-9-4-2-1-3-5-9/h1-5,7H,6H2/p+1. The molecule has 1 aromatic heterocycles. The first-order valence-corrected chi connectivity index (χ1v) is 3.04. The zero-order chi connectivity index (χ0) is 7.23. The highest BCUT2D eigenvalue weighted by atomic mass is 16.1. The van der Waals surface area contributed by atoms with Gasteiger partial charge >= 0.3 is 0 Å². The Kier molecular flexibility index (Phi) is 2.43. The minimum atomic E-state index is 0.532. The van der Waals surface area contributed by atoms with Gasteiger partial charge in [0.1, 0.15) is 0 Å². The summed E-state index contributed by atoms with van der Waals surface area (Å²) in [5.41, 5.74) is 0. The molecule has 0 bridgehead atoms. The first-order chi connectivity index (χ1) is 4.93. The van der Waals surface area contributed by atoms with Gasteiger partial charge < -0.3 is 5.32 Å². The Bertz CT molecular complexity index is 198. The lowest BCUT2D eigenvalue weighted by Crippen LogP contribution is -2.39. The number of hydrogen-bond acceptors (Lipinski definition) is 1. The van der Waals surface area contributed by atoms with Gasteiger partial charge in [-0.15, -0.1) is 0 Å². The van der Waals surface area contributed by atoms with Crippen molar-refractivity contribution in [3.63, 3.8) is 0 Å². The van der Waals surface area contributed by atoms with Gasteiger partial charge in [-0.25, -0.2) is 0 Å². The van der Waals surface area contributed by atoms with Crippen molar-refractivity contribution in [2.24, 2.45) is 0 Å². The molecule has 0 aromatic carbocycles. The summed E-state index contributed by atoms with van der Waals surface area (Å²) in [6, 6.07) is 5.75. The fourth-order valence-electron chi connectivity index (χ4n) is 0.682. The Morgan fingerprint density at radius 3 is 2.60 bits per heavy atom. The Morgan fingerprint density at radius 1 is 1.30 bits per heavy atom. The van der Waals surface area contributed by atoms with E-state index in [0.717, 1.165) is 0 Å². The number of carbonyl (C=O) groups is 1. The molecule has 0 spiro atoms. The van der Waals surface area contributed by atoms with Gasteiger partial charge in [-0.2, -0.15) is 4.57 Å². The first kappa shape index (κ1) is 6.74. The van der Waals surface area contributed by atoms with Crippen LogP contribution in [0, 0.1) is 0 Å². The molecule has 0 saturated heterocycles. The maximum atomic E-state index is 9.85. The predicted molar refractivity (Wildman–Crippen MR) is 35.8 cm³/mol. The van der Waals surface area contributed by atoms with Gasteiger partial charge in [-0.1, -0.05) is 6.07 Å². The number of nitrogens with zero attached hydrogens (tertiary/aromatic N) is 1. The third kappa shape index (κ3) is 1.85. The number of pyridine rings is 1. The summed E-state index contributed by atoms with van der Waals surface area (Å²) in [6.07, 6.45) is 4.45. The summed E-state index contributed by atoms with van der Waals surface area (Å²) in [7, 11) is 0. The van der Waals surface area contributed by atoms with Crippen LogP contribution in [-0.2, 0) is 11.5 Å². The number of rotatable bonds is 3. The summed E-state index contributed by atoms with van der Waals surface area (Å²) in [5.74, 6) is 0. The van der Waals surface area contributed by atoms with Crippen LogP contribution < -0.4 is 9.88 Å². The van der Waals surface area contributed by atoms with Crippen LogP contribution in [0.25, 0.3) is 0 Å². The monoisotopic (exact) mass is 137 g/mol. The SMILES string of the molecule is O=CNC[n+]1ccccc1. The molecule has 3 nitrogen and oxygen atoms in total. The highest BCUT2D eigenvalue weighted by molar-refractivity contribution is 5.44. The molecule has 0 aliphatic heterocycles. The Morgan fingerprint density at radius 2 is 2.00 bits per heavy atom. The number of nitrogens with one attached hydrogen (secondary N) is 1. The number of carbonyl (C=O) groups excluding carboxylic acids is 1. The lowest BCUT2D eigenvalue weighted by molar-refractivity contribution is -0.699. The molecule has 1 aromatic rings. The van der Waals surface area contributed by atoms with E-state index in [9.17, 15) is 4.79 Å². The van der Waals surface area contributed by atoms with E-state index < -0.39 is 0 Å². The maximum absolute atomic E-state index is 9.85. The lowest BCUT2D eigenvalue weighted by atomic mass is 10.5. The average molecular weight is 137 g/mol. The molecule has 1 rings (SSSR count). The molecule has 0 aliphatic carbocycles. The highest BCUT2D eigenvalue weighted by Gasteiger charge is 1.91. The molecule has 0 atom stereocenters. The van der Waals surface area contributed by atoms with Crippen molar-refractivity contribution in [3.05, 3.63) is 30.6 Å². The molecule has 3 heteroatoms. The van der Waals surface area contributed by atoms with Gasteiger partial charge in [-0.05, 0) is 0 Å². The summed E-state index contributed by atoms with van der Waals surface area (Å²) in [4.78, 5) is 9.85. The third-order valence-corrected chi connectivity index (χ3v) is 1.13. The molecule has 1 heterocycles. The first-order valence-electron chi connectivity index (χ1n) is 3.04. The minimum absolute atomic E-state index is 0.532. The highest BCUT2D eigenvalue weighted by Crippen LogP contribution is 1.74. The Labute approximate surface area is 59.3 Å². The lowest BCUT2D eigenvalue weighted by Gasteiger charge is -1.91. The van der Waals surface area contributed by atoms with E-state index in [2.05, 4.69) is 5.32 Å². The van der Waals surface area contributed by atoms with Crippen LogP contribution in [0.1, 0.15) is 0 Å². The van der Waals surface area contributed by atoms with Crippen molar-refractivity contribution in [1.29, 1.82) is 0 Å². The molecule has 1 amide bonds. The maximum Gasteiger partial charge on any atom is 0.223 e. The van der Waals surface area contributed by atoms with E-state index in [0.29, 0.717) is 13.1 Å². The van der Waals surface area contributed by atoms with Crippen molar-refractivity contribution >= 4 is 6.41 Å². The quantitative estimate of drug-likeness (QED) is 0.449. The molecule has 0 fully saturated rings. The second-order valence-corrected chi connectivity index (χ2v) is 1.87. The normalized spacial score (nSPS) is 8.80. The van der Waals surface area contributed by atoms with Gasteiger partial charge in [0.2, 0.25) is 13.1 Å². The fourth-order valence-corrected chi connectivity index (χ4v) is 0.682. The molecule has 1 N–H and O–H groups in total. The molecule has 0 saturated carbocycles. The van der Waals surface area contributed by atoms with Crippen molar-refractivity contribution in [2.75, 3.05) is 0 Å². The topological polar surface area (TPSA) is 33.0 Å². The summed E-state index contributed by atoms with van der Waals surface area (Å²) >= 11 is 0. The van der Waals surface area contributed by atoms with Crippen molar-refractivity contribution < 1.29 is 9.36 Å². The van der Waals surface area contributed by atoms with Crippen molar-refractivity contribution in [1.82, 2.24) is 5.32 Å². The zero-order valence-electron chi connectivity index (χ0n) is 5.53. The smallest absolute Gasteiger partial charge is 0.223 e. The van der Waals surface area contributed by atoms with Gasteiger partial charge in [0.25, 0.3) is 0 Å². The average Bonchev–Trinajstić information content (AvgIpc) is 2.03. The van der Waals surface area contributed by atoms with Crippen molar-refractivity contribution in [3.8, 4) is 0 Å². The minimum Gasteiger partial charge on any atom is -0.303 e. The van der Waals surface area contributed by atoms with Crippen LogP contribution >= 0.6 is 0 Å².